The summed E-state index contributed by atoms with van der Waals surface area (Å²) in [4.78, 5) is 10.7. The summed E-state index contributed by atoms with van der Waals surface area (Å²) in [5, 5.41) is 13.8. The van der Waals surface area contributed by atoms with Crippen LogP contribution in [-0.4, -0.2) is 52.3 Å². The van der Waals surface area contributed by atoms with E-state index in [1.165, 1.54) is 0 Å². The van der Waals surface area contributed by atoms with E-state index in [1.54, 1.807) is 7.05 Å². The third kappa shape index (κ3) is 4.90. The molecule has 2 aromatic rings. The number of anilines is 1. The van der Waals surface area contributed by atoms with E-state index >= 15 is 0 Å². The molecule has 1 fully saturated rings. The fourth-order valence-corrected chi connectivity index (χ4v) is 3.21. The van der Waals surface area contributed by atoms with Crippen LogP contribution < -0.4 is 10.1 Å². The highest BCUT2D eigenvalue weighted by Gasteiger charge is 2.34. The average molecular weight is 342 g/mol. The van der Waals surface area contributed by atoms with Gasteiger partial charge in [-0.15, -0.1) is 0 Å². The van der Waals surface area contributed by atoms with Crippen LogP contribution in [0.15, 0.2) is 36.7 Å². The van der Waals surface area contributed by atoms with Crippen LogP contribution in [0.5, 0.6) is 5.75 Å². The number of benzene rings is 1. The molecule has 0 unspecified atom stereocenters. The summed E-state index contributed by atoms with van der Waals surface area (Å²) in [5.74, 6) is 1.42. The van der Waals surface area contributed by atoms with Gasteiger partial charge in [-0.1, -0.05) is 12.1 Å². The predicted octanol–water partition coefficient (Wildman–Crippen LogP) is 2.23. The summed E-state index contributed by atoms with van der Waals surface area (Å²) in [5.41, 5.74) is 1.37. The van der Waals surface area contributed by atoms with Gasteiger partial charge in [-0.3, -0.25) is 4.90 Å². The SMILES string of the molecule is CNc1ncc(CN2CCC[C@@](O)(COc3cccc(C)c3)C2)cn1. The van der Waals surface area contributed by atoms with Gasteiger partial charge >= 0.3 is 0 Å². The van der Waals surface area contributed by atoms with Gasteiger partial charge in [0.1, 0.15) is 18.0 Å². The number of hydrogen-bond donors (Lipinski definition) is 2. The molecule has 6 nitrogen and oxygen atoms in total. The normalized spacial score (nSPS) is 21.1. The fourth-order valence-electron chi connectivity index (χ4n) is 3.21. The number of aromatic nitrogens is 2. The lowest BCUT2D eigenvalue weighted by Gasteiger charge is -2.38. The van der Waals surface area contributed by atoms with E-state index in [0.717, 1.165) is 42.8 Å². The molecule has 0 bridgehead atoms. The van der Waals surface area contributed by atoms with Crippen LogP contribution in [0, 0.1) is 6.92 Å². The predicted molar refractivity (Wildman–Crippen MR) is 97.7 cm³/mol. The fraction of sp³-hybridized carbons (Fsp3) is 0.474. The minimum Gasteiger partial charge on any atom is -0.491 e. The van der Waals surface area contributed by atoms with E-state index in [9.17, 15) is 5.11 Å². The molecule has 1 atom stereocenters. The Morgan fingerprint density at radius 1 is 1.32 bits per heavy atom. The van der Waals surface area contributed by atoms with Gasteiger partial charge in [0.25, 0.3) is 0 Å². The molecule has 1 aliphatic heterocycles. The van der Waals surface area contributed by atoms with Crippen molar-refractivity contribution < 1.29 is 9.84 Å². The number of rotatable bonds is 6. The van der Waals surface area contributed by atoms with Crippen molar-refractivity contribution in [1.29, 1.82) is 0 Å². The van der Waals surface area contributed by atoms with Gasteiger partial charge in [0.15, 0.2) is 0 Å². The average Bonchev–Trinajstić information content (AvgIpc) is 2.61. The maximum atomic E-state index is 10.9. The number of hydrogen-bond acceptors (Lipinski definition) is 6. The van der Waals surface area contributed by atoms with Crippen molar-refractivity contribution in [1.82, 2.24) is 14.9 Å². The second-order valence-electron chi connectivity index (χ2n) is 6.81. The molecule has 0 radical (unpaired) electrons. The molecule has 0 amide bonds. The first-order chi connectivity index (χ1) is 12.1. The highest BCUT2D eigenvalue weighted by molar-refractivity contribution is 5.27. The van der Waals surface area contributed by atoms with Crippen LogP contribution in [0.25, 0.3) is 0 Å². The first-order valence-electron chi connectivity index (χ1n) is 8.69. The van der Waals surface area contributed by atoms with Gasteiger partial charge < -0.3 is 15.2 Å². The zero-order chi connectivity index (χ0) is 17.7. The largest absolute Gasteiger partial charge is 0.491 e. The van der Waals surface area contributed by atoms with Crippen molar-refractivity contribution in [3.05, 3.63) is 47.8 Å². The van der Waals surface area contributed by atoms with Crippen molar-refractivity contribution in [2.45, 2.75) is 31.9 Å². The second kappa shape index (κ2) is 7.80. The van der Waals surface area contributed by atoms with Gasteiger partial charge in [0.2, 0.25) is 5.95 Å². The van der Waals surface area contributed by atoms with E-state index in [0.29, 0.717) is 19.1 Å². The lowest BCUT2D eigenvalue weighted by molar-refractivity contribution is -0.0621. The van der Waals surface area contributed by atoms with Gasteiger partial charge in [-0.2, -0.15) is 0 Å². The van der Waals surface area contributed by atoms with E-state index in [1.807, 2.05) is 43.6 Å². The van der Waals surface area contributed by atoms with Crippen LogP contribution >= 0.6 is 0 Å². The zero-order valence-electron chi connectivity index (χ0n) is 14.9. The van der Waals surface area contributed by atoms with Gasteiger partial charge in [0.05, 0.1) is 0 Å². The molecular formula is C19H26N4O2. The zero-order valence-corrected chi connectivity index (χ0v) is 14.9. The minimum atomic E-state index is -0.826. The first kappa shape index (κ1) is 17.6. The summed E-state index contributed by atoms with van der Waals surface area (Å²) in [7, 11) is 1.80. The van der Waals surface area contributed by atoms with Crippen LogP contribution in [0.4, 0.5) is 5.95 Å². The molecule has 0 saturated carbocycles. The summed E-state index contributed by atoms with van der Waals surface area (Å²) in [6.07, 6.45) is 5.36. The number of piperidine rings is 1. The summed E-state index contributed by atoms with van der Waals surface area (Å²) in [6, 6.07) is 7.92. The molecule has 0 aliphatic carbocycles. The van der Waals surface area contributed by atoms with E-state index in [-0.39, 0.29) is 0 Å². The third-order valence-electron chi connectivity index (χ3n) is 4.47. The maximum absolute atomic E-state index is 10.9. The molecule has 0 spiro atoms. The van der Waals surface area contributed by atoms with Crippen molar-refractivity contribution in [3.8, 4) is 5.75 Å². The number of aliphatic hydroxyl groups is 1. The standard InChI is InChI=1S/C19H26N4O2/c1-15-5-3-6-17(9-15)25-14-19(24)7-4-8-23(13-19)12-16-10-21-18(20-2)22-11-16/h3,5-6,9-11,24H,4,7-8,12-14H2,1-2H3,(H,20,21,22)/t19-/m0/s1. The first-order valence-corrected chi connectivity index (χ1v) is 8.69. The molecule has 25 heavy (non-hydrogen) atoms. The molecule has 6 heteroatoms. The second-order valence-corrected chi connectivity index (χ2v) is 6.81. The Bertz CT molecular complexity index is 692. The number of nitrogens with zero attached hydrogens (tertiary/aromatic N) is 3. The Labute approximate surface area is 148 Å². The molecule has 134 valence electrons. The van der Waals surface area contributed by atoms with Crippen LogP contribution in [0.1, 0.15) is 24.0 Å². The molecule has 1 aromatic heterocycles. The molecule has 1 aliphatic rings. The lowest BCUT2D eigenvalue weighted by Crippen LogP contribution is -2.51. The van der Waals surface area contributed by atoms with Crippen LogP contribution in [-0.2, 0) is 6.54 Å². The number of nitrogens with one attached hydrogen (secondary N) is 1. The van der Waals surface area contributed by atoms with Gasteiger partial charge in [0, 0.05) is 38.1 Å². The molecule has 1 aromatic carbocycles. The van der Waals surface area contributed by atoms with Gasteiger partial charge in [-0.05, 0) is 44.0 Å². The molecule has 2 heterocycles. The number of likely N-dealkylation sites (tertiary alicyclic amines) is 1. The van der Waals surface area contributed by atoms with Crippen LogP contribution in [0.3, 0.4) is 0 Å². The quantitative estimate of drug-likeness (QED) is 0.839. The number of β-amino-alcohol motifs (C(OH)–C–C–N with tert-alkyl or cyclic N) is 1. The topological polar surface area (TPSA) is 70.5 Å². The smallest absolute Gasteiger partial charge is 0.222 e. The van der Waals surface area contributed by atoms with Crippen LogP contribution in [0.2, 0.25) is 0 Å². The van der Waals surface area contributed by atoms with Crippen molar-refractivity contribution >= 4 is 5.95 Å². The Kier molecular flexibility index (Phi) is 5.50. The lowest BCUT2D eigenvalue weighted by atomic mass is 9.93. The minimum absolute atomic E-state index is 0.308. The number of ether oxygens (including phenoxy) is 1. The van der Waals surface area contributed by atoms with E-state index < -0.39 is 5.60 Å². The highest BCUT2D eigenvalue weighted by atomic mass is 16.5. The van der Waals surface area contributed by atoms with Gasteiger partial charge in [-0.25, -0.2) is 9.97 Å². The van der Waals surface area contributed by atoms with Crippen molar-refractivity contribution in [3.63, 3.8) is 0 Å². The Hall–Kier alpha value is -2.18. The Balaban J connectivity index is 1.57. The molecule has 1 saturated heterocycles. The maximum Gasteiger partial charge on any atom is 0.222 e. The molecule has 3 rings (SSSR count). The number of aryl methyl sites for hydroxylation is 1. The highest BCUT2D eigenvalue weighted by Crippen LogP contribution is 2.24. The summed E-state index contributed by atoms with van der Waals surface area (Å²) >= 11 is 0. The summed E-state index contributed by atoms with van der Waals surface area (Å²) < 4.78 is 5.85. The van der Waals surface area contributed by atoms with Crippen molar-refractivity contribution in [2.24, 2.45) is 0 Å². The third-order valence-corrected chi connectivity index (χ3v) is 4.47. The molecule has 2 N–H and O–H groups in total. The van der Waals surface area contributed by atoms with Crippen molar-refractivity contribution in [2.75, 3.05) is 32.1 Å². The van der Waals surface area contributed by atoms with E-state index in [4.69, 9.17) is 4.74 Å². The molecular weight excluding hydrogens is 316 g/mol. The summed E-state index contributed by atoms with van der Waals surface area (Å²) in [6.45, 7) is 4.62. The van der Waals surface area contributed by atoms with E-state index in [2.05, 4.69) is 20.2 Å². The Morgan fingerprint density at radius 3 is 2.84 bits per heavy atom. The monoisotopic (exact) mass is 342 g/mol. The Morgan fingerprint density at radius 2 is 2.12 bits per heavy atom.